The highest BCUT2D eigenvalue weighted by Crippen LogP contribution is 2.27. The molecule has 19 heavy (non-hydrogen) atoms. The second-order valence-electron chi connectivity index (χ2n) is 5.30. The molecule has 2 rings (SSSR count). The summed E-state index contributed by atoms with van der Waals surface area (Å²) in [4.78, 5) is 14.3. The number of halogens is 2. The molecule has 1 amide bonds. The molecule has 0 aromatic heterocycles. The van der Waals surface area contributed by atoms with Crippen molar-refractivity contribution in [1.82, 2.24) is 10.2 Å². The number of hydrogen-bond donors (Lipinski definition) is 1. The normalized spacial score (nSPS) is 16.5. The van der Waals surface area contributed by atoms with Crippen molar-refractivity contribution >= 4 is 5.91 Å². The van der Waals surface area contributed by atoms with Crippen molar-refractivity contribution in [3.8, 4) is 0 Å². The van der Waals surface area contributed by atoms with Crippen LogP contribution in [0, 0.1) is 11.6 Å². The maximum Gasteiger partial charge on any atom is 0.232 e. The van der Waals surface area contributed by atoms with Crippen molar-refractivity contribution in [2.24, 2.45) is 0 Å². The lowest BCUT2D eigenvalue weighted by Gasteiger charge is -2.35. The molecule has 0 unspecified atom stereocenters. The van der Waals surface area contributed by atoms with Crippen LogP contribution in [0.4, 0.5) is 8.78 Å². The molecule has 104 valence electrons. The van der Waals surface area contributed by atoms with Gasteiger partial charge in [0.2, 0.25) is 5.91 Å². The molecule has 0 bridgehead atoms. The van der Waals surface area contributed by atoms with E-state index < -0.39 is 17.0 Å². The second kappa shape index (κ2) is 5.25. The van der Waals surface area contributed by atoms with E-state index in [0.29, 0.717) is 18.7 Å². The van der Waals surface area contributed by atoms with Crippen LogP contribution in [0.2, 0.25) is 0 Å². The van der Waals surface area contributed by atoms with Gasteiger partial charge in [-0.1, -0.05) is 6.07 Å². The van der Waals surface area contributed by atoms with Gasteiger partial charge in [-0.15, -0.1) is 0 Å². The number of benzene rings is 1. The van der Waals surface area contributed by atoms with Gasteiger partial charge in [0.05, 0.1) is 5.41 Å². The van der Waals surface area contributed by atoms with Crippen LogP contribution in [0.1, 0.15) is 19.4 Å². The molecule has 1 aliphatic heterocycles. The Morgan fingerprint density at radius 3 is 2.42 bits per heavy atom. The molecule has 0 atom stereocenters. The van der Waals surface area contributed by atoms with Crippen molar-refractivity contribution in [2.45, 2.75) is 19.3 Å². The predicted octanol–water partition coefficient (Wildman–Crippen LogP) is 1.67. The number of nitrogens with one attached hydrogen (secondary N) is 1. The number of carbonyl (C=O) groups excluding carboxylic acids is 1. The highest BCUT2D eigenvalue weighted by Gasteiger charge is 2.34. The summed E-state index contributed by atoms with van der Waals surface area (Å²) in [5.74, 6) is -1.87. The number of rotatable bonds is 2. The second-order valence-corrected chi connectivity index (χ2v) is 5.30. The number of carbonyl (C=O) groups is 1. The summed E-state index contributed by atoms with van der Waals surface area (Å²) in [6.07, 6.45) is 0. The molecule has 1 aromatic carbocycles. The average molecular weight is 268 g/mol. The summed E-state index contributed by atoms with van der Waals surface area (Å²) in [6, 6.07) is 3.64. The van der Waals surface area contributed by atoms with Gasteiger partial charge in [-0.3, -0.25) is 4.79 Å². The first-order valence-electron chi connectivity index (χ1n) is 6.38. The maximum absolute atomic E-state index is 13.3. The third-order valence-corrected chi connectivity index (χ3v) is 3.58. The smallest absolute Gasteiger partial charge is 0.232 e. The zero-order chi connectivity index (χ0) is 14.0. The van der Waals surface area contributed by atoms with Crippen LogP contribution in [0.15, 0.2) is 18.2 Å². The molecular weight excluding hydrogens is 250 g/mol. The molecule has 1 aliphatic rings. The van der Waals surface area contributed by atoms with Crippen LogP contribution in [0.5, 0.6) is 0 Å². The van der Waals surface area contributed by atoms with Gasteiger partial charge in [-0.25, -0.2) is 8.78 Å². The van der Waals surface area contributed by atoms with Crippen molar-refractivity contribution in [2.75, 3.05) is 26.2 Å². The fraction of sp³-hybridized carbons (Fsp3) is 0.500. The minimum atomic E-state index is -0.918. The minimum Gasteiger partial charge on any atom is -0.339 e. The molecule has 0 aliphatic carbocycles. The van der Waals surface area contributed by atoms with Gasteiger partial charge in [0.1, 0.15) is 0 Å². The van der Waals surface area contributed by atoms with E-state index in [4.69, 9.17) is 0 Å². The van der Waals surface area contributed by atoms with Crippen LogP contribution in [-0.4, -0.2) is 37.0 Å². The van der Waals surface area contributed by atoms with Gasteiger partial charge in [-0.2, -0.15) is 0 Å². The van der Waals surface area contributed by atoms with Crippen LogP contribution in [0.25, 0.3) is 0 Å². The van der Waals surface area contributed by atoms with E-state index >= 15 is 0 Å². The summed E-state index contributed by atoms with van der Waals surface area (Å²) in [5, 5.41) is 3.17. The van der Waals surface area contributed by atoms with E-state index in [-0.39, 0.29) is 5.91 Å². The quantitative estimate of drug-likeness (QED) is 0.885. The van der Waals surface area contributed by atoms with Gasteiger partial charge >= 0.3 is 0 Å². The largest absolute Gasteiger partial charge is 0.339 e. The standard InChI is InChI=1S/C14H18F2N2O/c1-14(2,10-3-4-11(15)12(16)9-10)13(19)18-7-5-17-6-8-18/h3-4,9,17H,5-8H2,1-2H3. The monoisotopic (exact) mass is 268 g/mol. The van der Waals surface area contributed by atoms with E-state index in [9.17, 15) is 13.6 Å². The fourth-order valence-corrected chi connectivity index (χ4v) is 2.27. The molecule has 1 fully saturated rings. The molecule has 5 heteroatoms. The van der Waals surface area contributed by atoms with Gasteiger partial charge in [0.15, 0.2) is 11.6 Å². The molecule has 0 saturated carbocycles. The molecule has 0 radical (unpaired) electrons. The Hall–Kier alpha value is -1.49. The van der Waals surface area contributed by atoms with E-state index in [1.165, 1.54) is 6.07 Å². The summed E-state index contributed by atoms with van der Waals surface area (Å²) >= 11 is 0. The summed E-state index contributed by atoms with van der Waals surface area (Å²) in [5.41, 5.74) is -0.360. The van der Waals surface area contributed by atoms with E-state index in [2.05, 4.69) is 5.32 Å². The number of nitrogens with zero attached hydrogens (tertiary/aromatic N) is 1. The molecule has 1 aromatic rings. The molecular formula is C14H18F2N2O. The van der Waals surface area contributed by atoms with Gasteiger partial charge < -0.3 is 10.2 Å². The van der Waals surface area contributed by atoms with Gasteiger partial charge in [0, 0.05) is 26.2 Å². The Labute approximate surface area is 111 Å². The molecule has 0 spiro atoms. The zero-order valence-corrected chi connectivity index (χ0v) is 11.2. The number of piperazine rings is 1. The summed E-state index contributed by atoms with van der Waals surface area (Å²) in [6.45, 7) is 6.30. The lowest BCUT2D eigenvalue weighted by atomic mass is 9.83. The molecule has 1 N–H and O–H groups in total. The number of hydrogen-bond acceptors (Lipinski definition) is 2. The molecule has 3 nitrogen and oxygen atoms in total. The lowest BCUT2D eigenvalue weighted by molar-refractivity contribution is -0.136. The Morgan fingerprint density at radius 1 is 1.21 bits per heavy atom. The third kappa shape index (κ3) is 2.76. The van der Waals surface area contributed by atoms with Crippen LogP contribution < -0.4 is 5.32 Å². The van der Waals surface area contributed by atoms with E-state index in [1.807, 2.05) is 0 Å². The van der Waals surface area contributed by atoms with Gasteiger partial charge in [0.25, 0.3) is 0 Å². The van der Waals surface area contributed by atoms with Crippen LogP contribution >= 0.6 is 0 Å². The minimum absolute atomic E-state index is 0.0555. The zero-order valence-electron chi connectivity index (χ0n) is 11.2. The first-order valence-corrected chi connectivity index (χ1v) is 6.38. The fourth-order valence-electron chi connectivity index (χ4n) is 2.27. The van der Waals surface area contributed by atoms with Crippen molar-refractivity contribution in [3.63, 3.8) is 0 Å². The van der Waals surface area contributed by atoms with E-state index in [1.54, 1.807) is 18.7 Å². The highest BCUT2D eigenvalue weighted by atomic mass is 19.2. The highest BCUT2D eigenvalue weighted by molar-refractivity contribution is 5.87. The number of amides is 1. The Bertz CT molecular complexity index is 482. The Balaban J connectivity index is 2.24. The summed E-state index contributed by atoms with van der Waals surface area (Å²) in [7, 11) is 0. The van der Waals surface area contributed by atoms with Crippen LogP contribution in [0.3, 0.4) is 0 Å². The predicted molar refractivity (Wildman–Crippen MR) is 68.8 cm³/mol. The third-order valence-electron chi connectivity index (χ3n) is 3.58. The Morgan fingerprint density at radius 2 is 1.84 bits per heavy atom. The van der Waals surface area contributed by atoms with Crippen LogP contribution in [-0.2, 0) is 10.2 Å². The average Bonchev–Trinajstić information content (AvgIpc) is 2.41. The van der Waals surface area contributed by atoms with Gasteiger partial charge in [-0.05, 0) is 31.5 Å². The first kappa shape index (κ1) is 13.9. The maximum atomic E-state index is 13.3. The van der Waals surface area contributed by atoms with E-state index in [0.717, 1.165) is 25.2 Å². The topological polar surface area (TPSA) is 32.3 Å². The molecule has 1 saturated heterocycles. The lowest BCUT2D eigenvalue weighted by Crippen LogP contribution is -2.51. The molecule has 1 heterocycles. The first-order chi connectivity index (χ1) is 8.93. The van der Waals surface area contributed by atoms with Crippen molar-refractivity contribution in [1.29, 1.82) is 0 Å². The summed E-state index contributed by atoms with van der Waals surface area (Å²) < 4.78 is 26.3. The van der Waals surface area contributed by atoms with Crippen molar-refractivity contribution < 1.29 is 13.6 Å². The SMILES string of the molecule is CC(C)(C(=O)N1CCNCC1)c1ccc(F)c(F)c1. The van der Waals surface area contributed by atoms with Crippen molar-refractivity contribution in [3.05, 3.63) is 35.4 Å². The Kier molecular flexibility index (Phi) is 3.85.